The Labute approximate surface area is 79.7 Å². The summed E-state index contributed by atoms with van der Waals surface area (Å²) in [4.78, 5) is 3.77. The molecule has 12 heavy (non-hydrogen) atoms. The van der Waals surface area contributed by atoms with Gasteiger partial charge in [0, 0.05) is 6.26 Å². The maximum Gasteiger partial charge on any atom is 0.203 e. The van der Waals surface area contributed by atoms with Gasteiger partial charge in [0.2, 0.25) is 4.47 Å². The average Bonchev–Trinajstić information content (AvgIpc) is 2.32. The van der Waals surface area contributed by atoms with E-state index in [1.54, 1.807) is 0 Å². The minimum absolute atomic E-state index is 0.264. The highest BCUT2D eigenvalue weighted by Gasteiger charge is 2.21. The van der Waals surface area contributed by atoms with Gasteiger partial charge in [-0.25, -0.2) is 13.4 Å². The van der Waals surface area contributed by atoms with Crippen molar-refractivity contribution in [1.29, 1.82) is 0 Å². The van der Waals surface area contributed by atoms with Crippen molar-refractivity contribution in [2.24, 2.45) is 0 Å². The zero-order chi connectivity index (χ0) is 9.35. The molecule has 1 heterocycles. The van der Waals surface area contributed by atoms with Gasteiger partial charge < -0.3 is 0 Å². The van der Waals surface area contributed by atoms with Gasteiger partial charge in [0.05, 0.1) is 0 Å². The lowest BCUT2D eigenvalue weighted by Crippen LogP contribution is -2.08. The molecular formula is C5H7ClN2O2S2. The van der Waals surface area contributed by atoms with E-state index in [-0.39, 0.29) is 10.3 Å². The molecule has 0 aromatic carbocycles. The summed E-state index contributed by atoms with van der Waals surface area (Å²) in [6.07, 6.45) is 1.15. The molecule has 1 atom stereocenters. The molecule has 0 spiro atoms. The van der Waals surface area contributed by atoms with E-state index in [0.717, 1.165) is 17.8 Å². The van der Waals surface area contributed by atoms with E-state index in [0.29, 0.717) is 0 Å². The van der Waals surface area contributed by atoms with Crippen LogP contribution in [0.25, 0.3) is 0 Å². The molecule has 4 nitrogen and oxygen atoms in total. The molecule has 0 saturated heterocycles. The van der Waals surface area contributed by atoms with E-state index < -0.39 is 15.1 Å². The molecule has 0 bridgehead atoms. The Morgan fingerprint density at radius 1 is 1.58 bits per heavy atom. The van der Waals surface area contributed by atoms with Crippen molar-refractivity contribution in [3.8, 4) is 0 Å². The summed E-state index contributed by atoms with van der Waals surface area (Å²) >= 11 is 6.49. The van der Waals surface area contributed by atoms with Crippen molar-refractivity contribution in [1.82, 2.24) is 9.36 Å². The molecule has 0 N–H and O–H groups in total. The quantitative estimate of drug-likeness (QED) is 0.763. The minimum Gasteiger partial charge on any atom is -0.228 e. The molecule has 0 aliphatic carbocycles. The molecule has 1 aromatic heterocycles. The molecule has 68 valence electrons. The van der Waals surface area contributed by atoms with Gasteiger partial charge in [-0.3, -0.25) is 0 Å². The second kappa shape index (κ2) is 3.27. The summed E-state index contributed by atoms with van der Waals surface area (Å²) in [5.74, 6) is 0.271. The summed E-state index contributed by atoms with van der Waals surface area (Å²) < 4.78 is 26.1. The highest BCUT2D eigenvalue weighted by atomic mass is 35.5. The van der Waals surface area contributed by atoms with Crippen LogP contribution in [-0.4, -0.2) is 24.0 Å². The first-order valence-corrected chi connectivity index (χ1v) is 6.20. The highest BCUT2D eigenvalue weighted by Crippen LogP contribution is 2.21. The van der Waals surface area contributed by atoms with Crippen LogP contribution in [-0.2, 0) is 9.84 Å². The van der Waals surface area contributed by atoms with Gasteiger partial charge in [0.1, 0.15) is 5.25 Å². The number of rotatable bonds is 2. The van der Waals surface area contributed by atoms with Gasteiger partial charge in [-0.1, -0.05) is 0 Å². The lowest BCUT2D eigenvalue weighted by Gasteiger charge is -2.02. The van der Waals surface area contributed by atoms with Gasteiger partial charge in [0.25, 0.3) is 0 Å². The SMILES string of the molecule is CC(c1nsc(Cl)n1)S(C)(=O)=O. The van der Waals surface area contributed by atoms with Crippen LogP contribution >= 0.6 is 23.1 Å². The minimum atomic E-state index is -3.12. The summed E-state index contributed by atoms with van der Waals surface area (Å²) in [6, 6.07) is 0. The van der Waals surface area contributed by atoms with Crippen molar-refractivity contribution in [2.75, 3.05) is 6.26 Å². The maximum atomic E-state index is 11.0. The van der Waals surface area contributed by atoms with Crippen LogP contribution in [0.15, 0.2) is 0 Å². The number of aromatic nitrogens is 2. The first-order chi connectivity index (χ1) is 5.41. The fraction of sp³-hybridized carbons (Fsp3) is 0.600. The second-order valence-electron chi connectivity index (χ2n) is 2.38. The van der Waals surface area contributed by atoms with Gasteiger partial charge in [0.15, 0.2) is 15.7 Å². The monoisotopic (exact) mass is 226 g/mol. The fourth-order valence-corrected chi connectivity index (χ4v) is 1.82. The Morgan fingerprint density at radius 3 is 2.50 bits per heavy atom. The molecule has 0 aliphatic heterocycles. The topological polar surface area (TPSA) is 59.9 Å². The van der Waals surface area contributed by atoms with Crippen LogP contribution in [0.2, 0.25) is 4.47 Å². The molecule has 7 heteroatoms. The molecule has 0 amide bonds. The van der Waals surface area contributed by atoms with Crippen LogP contribution in [0.3, 0.4) is 0 Å². The summed E-state index contributed by atoms with van der Waals surface area (Å²) in [5.41, 5.74) is 0. The summed E-state index contributed by atoms with van der Waals surface area (Å²) in [7, 11) is -3.12. The number of hydrogen-bond donors (Lipinski definition) is 0. The van der Waals surface area contributed by atoms with Gasteiger partial charge in [-0.05, 0) is 30.1 Å². The van der Waals surface area contributed by atoms with Crippen molar-refractivity contribution in [3.05, 3.63) is 10.3 Å². The van der Waals surface area contributed by atoms with E-state index in [2.05, 4.69) is 9.36 Å². The van der Waals surface area contributed by atoms with Crippen LogP contribution in [0.5, 0.6) is 0 Å². The Bertz CT molecular complexity index is 373. The zero-order valence-corrected chi connectivity index (χ0v) is 8.87. The van der Waals surface area contributed by atoms with Crippen LogP contribution < -0.4 is 0 Å². The second-order valence-corrected chi connectivity index (χ2v) is 6.08. The predicted molar refractivity (Wildman–Crippen MR) is 48.2 cm³/mol. The third-order valence-electron chi connectivity index (χ3n) is 1.42. The van der Waals surface area contributed by atoms with E-state index in [1.807, 2.05) is 0 Å². The van der Waals surface area contributed by atoms with Crippen molar-refractivity contribution >= 4 is 33.0 Å². The summed E-state index contributed by atoms with van der Waals surface area (Å²) in [5, 5.41) is -0.679. The van der Waals surface area contributed by atoms with Crippen molar-refractivity contribution in [2.45, 2.75) is 12.2 Å². The number of halogens is 1. The Morgan fingerprint density at radius 2 is 2.17 bits per heavy atom. The zero-order valence-electron chi connectivity index (χ0n) is 6.48. The first-order valence-electron chi connectivity index (χ1n) is 3.09. The maximum absolute atomic E-state index is 11.0. The Balaban J connectivity index is 3.01. The van der Waals surface area contributed by atoms with Crippen molar-refractivity contribution < 1.29 is 8.42 Å². The van der Waals surface area contributed by atoms with Crippen LogP contribution in [0, 0.1) is 0 Å². The molecule has 1 aromatic rings. The number of nitrogens with zero attached hydrogens (tertiary/aromatic N) is 2. The summed E-state index contributed by atoms with van der Waals surface area (Å²) in [6.45, 7) is 1.54. The standard InChI is InChI=1S/C5H7ClN2O2S2/c1-3(12(2,9)10)4-7-5(6)11-8-4/h3H,1-2H3. The van der Waals surface area contributed by atoms with Gasteiger partial charge >= 0.3 is 0 Å². The Kier molecular flexibility index (Phi) is 2.70. The van der Waals surface area contributed by atoms with E-state index >= 15 is 0 Å². The third kappa shape index (κ3) is 2.15. The van der Waals surface area contributed by atoms with E-state index in [9.17, 15) is 8.42 Å². The fourth-order valence-electron chi connectivity index (χ4n) is 0.572. The van der Waals surface area contributed by atoms with Crippen molar-refractivity contribution in [3.63, 3.8) is 0 Å². The van der Waals surface area contributed by atoms with Gasteiger partial charge in [-0.2, -0.15) is 4.37 Å². The van der Waals surface area contributed by atoms with Crippen LogP contribution in [0.4, 0.5) is 0 Å². The average molecular weight is 227 g/mol. The largest absolute Gasteiger partial charge is 0.228 e. The smallest absolute Gasteiger partial charge is 0.203 e. The molecule has 0 aliphatic rings. The molecule has 1 rings (SSSR count). The molecule has 0 saturated carbocycles. The predicted octanol–water partition coefficient (Wildman–Crippen LogP) is 1.30. The van der Waals surface area contributed by atoms with E-state index in [4.69, 9.17) is 11.6 Å². The Hall–Kier alpha value is -0.200. The number of hydrogen-bond acceptors (Lipinski definition) is 5. The highest BCUT2D eigenvalue weighted by molar-refractivity contribution is 7.90. The lowest BCUT2D eigenvalue weighted by molar-refractivity contribution is 0.590. The first kappa shape index (κ1) is 9.88. The van der Waals surface area contributed by atoms with Crippen LogP contribution in [0.1, 0.15) is 18.0 Å². The molecule has 1 unspecified atom stereocenters. The number of sulfone groups is 1. The molecule has 0 radical (unpaired) electrons. The van der Waals surface area contributed by atoms with E-state index in [1.165, 1.54) is 6.92 Å². The normalized spacial score (nSPS) is 14.6. The molecular weight excluding hydrogens is 220 g/mol. The third-order valence-corrected chi connectivity index (χ3v) is 3.73. The van der Waals surface area contributed by atoms with Gasteiger partial charge in [-0.15, -0.1) is 0 Å². The molecule has 0 fully saturated rings. The lowest BCUT2D eigenvalue weighted by atomic mass is 10.5.